The third-order valence-corrected chi connectivity index (χ3v) is 3.77. The zero-order valence-electron chi connectivity index (χ0n) is 9.26. The second-order valence-electron chi connectivity index (χ2n) is 3.88. The van der Waals surface area contributed by atoms with Gasteiger partial charge in [-0.2, -0.15) is 0 Å². The number of rotatable bonds is 2. The highest BCUT2D eigenvalue weighted by Crippen LogP contribution is 2.30. The molecule has 0 atom stereocenters. The summed E-state index contributed by atoms with van der Waals surface area (Å²) in [4.78, 5) is 5.58. The summed E-state index contributed by atoms with van der Waals surface area (Å²) in [6.45, 7) is 0.605. The van der Waals surface area contributed by atoms with E-state index in [9.17, 15) is 0 Å². The fourth-order valence-electron chi connectivity index (χ4n) is 1.98. The molecule has 84 valence electrons. The van der Waals surface area contributed by atoms with Crippen molar-refractivity contribution in [3.05, 3.63) is 52.9 Å². The quantitative estimate of drug-likeness (QED) is 0.745. The SMILES string of the molecule is NCc1cc(-c2cccc3ncccc23)cs1. The Kier molecular flexibility index (Phi) is 2.63. The van der Waals surface area contributed by atoms with E-state index in [1.165, 1.54) is 21.4 Å². The Hall–Kier alpha value is -1.71. The van der Waals surface area contributed by atoms with E-state index in [0.29, 0.717) is 6.54 Å². The number of pyridine rings is 1. The minimum atomic E-state index is 0.605. The first-order valence-corrected chi connectivity index (χ1v) is 6.38. The summed E-state index contributed by atoms with van der Waals surface area (Å²) in [7, 11) is 0. The van der Waals surface area contributed by atoms with E-state index < -0.39 is 0 Å². The van der Waals surface area contributed by atoms with Gasteiger partial charge in [-0.25, -0.2) is 0 Å². The highest BCUT2D eigenvalue weighted by Gasteiger charge is 2.05. The van der Waals surface area contributed by atoms with Gasteiger partial charge >= 0.3 is 0 Å². The van der Waals surface area contributed by atoms with Crippen LogP contribution in [-0.2, 0) is 6.54 Å². The second kappa shape index (κ2) is 4.28. The van der Waals surface area contributed by atoms with Crippen LogP contribution in [-0.4, -0.2) is 4.98 Å². The summed E-state index contributed by atoms with van der Waals surface area (Å²) in [5, 5.41) is 3.35. The first kappa shape index (κ1) is 10.4. The molecule has 0 saturated heterocycles. The fraction of sp³-hybridized carbons (Fsp3) is 0.0714. The molecule has 0 aliphatic heterocycles. The van der Waals surface area contributed by atoms with Gasteiger partial charge in [-0.15, -0.1) is 11.3 Å². The van der Waals surface area contributed by atoms with Gasteiger partial charge in [-0.05, 0) is 34.7 Å². The van der Waals surface area contributed by atoms with E-state index in [0.717, 1.165) is 5.52 Å². The van der Waals surface area contributed by atoms with Crippen LogP contribution in [0.5, 0.6) is 0 Å². The van der Waals surface area contributed by atoms with Crippen molar-refractivity contribution in [3.63, 3.8) is 0 Å². The molecule has 0 saturated carbocycles. The third-order valence-electron chi connectivity index (χ3n) is 2.81. The van der Waals surface area contributed by atoms with Crippen molar-refractivity contribution in [3.8, 4) is 11.1 Å². The second-order valence-corrected chi connectivity index (χ2v) is 4.88. The lowest BCUT2D eigenvalue weighted by Crippen LogP contribution is -1.91. The molecule has 2 aromatic heterocycles. The molecule has 2 heterocycles. The van der Waals surface area contributed by atoms with Gasteiger partial charge in [0.1, 0.15) is 0 Å². The molecule has 2 nitrogen and oxygen atoms in total. The van der Waals surface area contributed by atoms with E-state index in [1.807, 2.05) is 24.4 Å². The van der Waals surface area contributed by atoms with Crippen molar-refractivity contribution in [2.24, 2.45) is 5.73 Å². The summed E-state index contributed by atoms with van der Waals surface area (Å²) >= 11 is 1.71. The van der Waals surface area contributed by atoms with Gasteiger partial charge in [-0.3, -0.25) is 4.98 Å². The van der Waals surface area contributed by atoms with Crippen LogP contribution in [0.25, 0.3) is 22.0 Å². The molecular formula is C14H12N2S. The van der Waals surface area contributed by atoms with E-state index in [2.05, 4.69) is 28.6 Å². The summed E-state index contributed by atoms with van der Waals surface area (Å²) in [6.07, 6.45) is 1.82. The van der Waals surface area contributed by atoms with E-state index in [1.54, 1.807) is 11.3 Å². The maximum atomic E-state index is 5.65. The van der Waals surface area contributed by atoms with Crippen LogP contribution < -0.4 is 5.73 Å². The Morgan fingerprint density at radius 2 is 2.12 bits per heavy atom. The zero-order chi connectivity index (χ0) is 11.7. The van der Waals surface area contributed by atoms with Crippen LogP contribution in [0, 0.1) is 0 Å². The van der Waals surface area contributed by atoms with Crippen LogP contribution in [0.2, 0.25) is 0 Å². The normalized spacial score (nSPS) is 10.9. The third kappa shape index (κ3) is 1.84. The number of hydrogen-bond donors (Lipinski definition) is 1. The molecule has 2 N–H and O–H groups in total. The molecule has 17 heavy (non-hydrogen) atoms. The molecule has 0 amide bonds. The predicted octanol–water partition coefficient (Wildman–Crippen LogP) is 3.42. The Balaban J connectivity index is 2.23. The molecule has 0 unspecified atom stereocenters. The smallest absolute Gasteiger partial charge is 0.0708 e. The minimum Gasteiger partial charge on any atom is -0.326 e. The van der Waals surface area contributed by atoms with Gasteiger partial charge in [0.15, 0.2) is 0 Å². The van der Waals surface area contributed by atoms with Crippen LogP contribution in [0.15, 0.2) is 48.0 Å². The van der Waals surface area contributed by atoms with Crippen LogP contribution in [0.3, 0.4) is 0 Å². The summed E-state index contributed by atoms with van der Waals surface area (Å²) in [5.41, 5.74) is 9.14. The van der Waals surface area contributed by atoms with Gasteiger partial charge < -0.3 is 5.73 Å². The maximum Gasteiger partial charge on any atom is 0.0708 e. The lowest BCUT2D eigenvalue weighted by Gasteiger charge is -2.03. The number of nitrogens with two attached hydrogens (primary N) is 1. The van der Waals surface area contributed by atoms with Crippen molar-refractivity contribution in [1.29, 1.82) is 0 Å². The minimum absolute atomic E-state index is 0.605. The molecule has 0 spiro atoms. The molecular weight excluding hydrogens is 228 g/mol. The first-order valence-electron chi connectivity index (χ1n) is 5.50. The molecule has 0 radical (unpaired) electrons. The largest absolute Gasteiger partial charge is 0.326 e. The number of fused-ring (bicyclic) bond motifs is 1. The Morgan fingerprint density at radius 1 is 1.18 bits per heavy atom. The molecule has 3 aromatic rings. The highest BCUT2D eigenvalue weighted by atomic mass is 32.1. The van der Waals surface area contributed by atoms with Crippen LogP contribution in [0.4, 0.5) is 0 Å². The van der Waals surface area contributed by atoms with Crippen molar-refractivity contribution in [2.75, 3.05) is 0 Å². The Labute approximate surface area is 104 Å². The monoisotopic (exact) mass is 240 g/mol. The molecule has 0 aliphatic rings. The van der Waals surface area contributed by atoms with Crippen molar-refractivity contribution < 1.29 is 0 Å². The average Bonchev–Trinajstić information content (AvgIpc) is 2.87. The van der Waals surface area contributed by atoms with Gasteiger partial charge in [0, 0.05) is 23.0 Å². The number of thiophene rings is 1. The summed E-state index contributed by atoms with van der Waals surface area (Å²) in [5.74, 6) is 0. The number of aromatic nitrogens is 1. The Bertz CT molecular complexity index is 653. The molecule has 0 fully saturated rings. The first-order chi connectivity index (χ1) is 8.38. The number of hydrogen-bond acceptors (Lipinski definition) is 3. The van der Waals surface area contributed by atoms with Crippen molar-refractivity contribution in [2.45, 2.75) is 6.54 Å². The molecule has 0 aliphatic carbocycles. The highest BCUT2D eigenvalue weighted by molar-refractivity contribution is 7.10. The van der Waals surface area contributed by atoms with Gasteiger partial charge in [-0.1, -0.05) is 18.2 Å². The maximum absolute atomic E-state index is 5.65. The summed E-state index contributed by atoms with van der Waals surface area (Å²) < 4.78 is 0. The molecule has 3 heteroatoms. The van der Waals surface area contributed by atoms with E-state index in [-0.39, 0.29) is 0 Å². The predicted molar refractivity (Wildman–Crippen MR) is 72.9 cm³/mol. The average molecular weight is 240 g/mol. The van der Waals surface area contributed by atoms with Crippen LogP contribution in [0.1, 0.15) is 4.88 Å². The van der Waals surface area contributed by atoms with Crippen molar-refractivity contribution >= 4 is 22.2 Å². The van der Waals surface area contributed by atoms with Gasteiger partial charge in [0.25, 0.3) is 0 Å². The lowest BCUT2D eigenvalue weighted by atomic mass is 10.0. The lowest BCUT2D eigenvalue weighted by molar-refractivity contribution is 1.11. The topological polar surface area (TPSA) is 38.9 Å². The summed E-state index contributed by atoms with van der Waals surface area (Å²) in [6, 6.07) is 12.5. The molecule has 3 rings (SSSR count). The number of nitrogens with zero attached hydrogens (tertiary/aromatic N) is 1. The Morgan fingerprint density at radius 3 is 2.94 bits per heavy atom. The number of benzene rings is 1. The van der Waals surface area contributed by atoms with Crippen molar-refractivity contribution in [1.82, 2.24) is 4.98 Å². The fourth-order valence-corrected chi connectivity index (χ4v) is 2.75. The van der Waals surface area contributed by atoms with E-state index >= 15 is 0 Å². The molecule has 1 aromatic carbocycles. The van der Waals surface area contributed by atoms with E-state index in [4.69, 9.17) is 5.73 Å². The standard InChI is InChI=1S/C14H12N2S/c15-8-11-7-10(9-17-11)12-3-1-5-14-13(12)4-2-6-16-14/h1-7,9H,8,15H2. The van der Waals surface area contributed by atoms with Crippen LogP contribution >= 0.6 is 11.3 Å². The van der Waals surface area contributed by atoms with Gasteiger partial charge in [0.2, 0.25) is 0 Å². The zero-order valence-corrected chi connectivity index (χ0v) is 10.1. The molecule has 0 bridgehead atoms. The van der Waals surface area contributed by atoms with Gasteiger partial charge in [0.05, 0.1) is 5.52 Å².